The van der Waals surface area contributed by atoms with Crippen molar-refractivity contribution in [1.29, 1.82) is 0 Å². The number of amides is 2. The van der Waals surface area contributed by atoms with Crippen molar-refractivity contribution in [2.24, 2.45) is 0 Å². The van der Waals surface area contributed by atoms with Gasteiger partial charge in [-0.05, 0) is 26.0 Å². The van der Waals surface area contributed by atoms with Gasteiger partial charge in [0.1, 0.15) is 11.8 Å². The van der Waals surface area contributed by atoms with E-state index in [1.165, 1.54) is 6.92 Å². The standard InChI is InChI=1S/C12H18N2O3/c1-8(7-11-5-4-6-17-11)13-12(16)9(2)14-10(3)15/h4-6,8-9H,7H2,1-3H3,(H,13,16)(H,14,15). The molecule has 0 radical (unpaired) electrons. The van der Waals surface area contributed by atoms with E-state index in [2.05, 4.69) is 10.6 Å². The van der Waals surface area contributed by atoms with Gasteiger partial charge in [0.15, 0.2) is 0 Å². The monoisotopic (exact) mass is 238 g/mol. The van der Waals surface area contributed by atoms with Gasteiger partial charge in [-0.2, -0.15) is 0 Å². The largest absolute Gasteiger partial charge is 0.469 e. The fraction of sp³-hybridized carbons (Fsp3) is 0.500. The lowest BCUT2D eigenvalue weighted by Gasteiger charge is -2.17. The molecule has 0 aromatic carbocycles. The zero-order valence-corrected chi connectivity index (χ0v) is 10.3. The van der Waals surface area contributed by atoms with Crippen molar-refractivity contribution in [3.63, 3.8) is 0 Å². The Morgan fingerprint density at radius 1 is 1.35 bits per heavy atom. The Morgan fingerprint density at radius 2 is 2.06 bits per heavy atom. The van der Waals surface area contributed by atoms with Gasteiger partial charge in [0.25, 0.3) is 0 Å². The molecule has 2 atom stereocenters. The Balaban J connectivity index is 2.37. The van der Waals surface area contributed by atoms with Crippen molar-refractivity contribution >= 4 is 11.8 Å². The minimum Gasteiger partial charge on any atom is -0.469 e. The third-order valence-electron chi connectivity index (χ3n) is 2.29. The number of carbonyl (C=O) groups is 2. The summed E-state index contributed by atoms with van der Waals surface area (Å²) < 4.78 is 5.19. The van der Waals surface area contributed by atoms with E-state index in [4.69, 9.17) is 4.42 Å². The molecule has 0 fully saturated rings. The Morgan fingerprint density at radius 3 is 2.59 bits per heavy atom. The molecule has 5 nitrogen and oxygen atoms in total. The first-order valence-corrected chi connectivity index (χ1v) is 5.59. The molecule has 0 aliphatic heterocycles. The highest BCUT2D eigenvalue weighted by Crippen LogP contribution is 2.03. The molecule has 2 amide bonds. The third kappa shape index (κ3) is 4.72. The summed E-state index contributed by atoms with van der Waals surface area (Å²) in [5.74, 6) is 0.413. The molecule has 17 heavy (non-hydrogen) atoms. The second kappa shape index (κ2) is 6.08. The zero-order chi connectivity index (χ0) is 12.8. The first kappa shape index (κ1) is 13.3. The van der Waals surface area contributed by atoms with Crippen molar-refractivity contribution in [3.8, 4) is 0 Å². The molecule has 1 rings (SSSR count). The maximum atomic E-state index is 11.7. The Hall–Kier alpha value is -1.78. The van der Waals surface area contributed by atoms with Crippen molar-refractivity contribution < 1.29 is 14.0 Å². The summed E-state index contributed by atoms with van der Waals surface area (Å²) in [4.78, 5) is 22.5. The van der Waals surface area contributed by atoms with Gasteiger partial charge in [0, 0.05) is 19.4 Å². The summed E-state index contributed by atoms with van der Waals surface area (Å²) in [6.07, 6.45) is 2.23. The van der Waals surface area contributed by atoms with Crippen LogP contribution in [0.4, 0.5) is 0 Å². The molecule has 1 aromatic rings. The molecule has 1 aromatic heterocycles. The van der Waals surface area contributed by atoms with E-state index in [1.54, 1.807) is 13.2 Å². The van der Waals surface area contributed by atoms with Gasteiger partial charge in [-0.3, -0.25) is 9.59 Å². The molecule has 0 saturated heterocycles. The molecular formula is C12H18N2O3. The number of hydrogen-bond donors (Lipinski definition) is 2. The van der Waals surface area contributed by atoms with Crippen LogP contribution in [0.1, 0.15) is 26.5 Å². The Bertz CT molecular complexity index is 373. The van der Waals surface area contributed by atoms with E-state index in [0.717, 1.165) is 5.76 Å². The molecular weight excluding hydrogens is 220 g/mol. The second-order valence-corrected chi connectivity index (χ2v) is 4.12. The number of nitrogens with one attached hydrogen (secondary N) is 2. The second-order valence-electron chi connectivity index (χ2n) is 4.12. The quantitative estimate of drug-likeness (QED) is 0.799. The third-order valence-corrected chi connectivity index (χ3v) is 2.29. The Labute approximate surface area is 101 Å². The summed E-state index contributed by atoms with van der Waals surface area (Å²) in [6.45, 7) is 4.92. The molecule has 0 saturated carbocycles. The molecule has 0 spiro atoms. The summed E-state index contributed by atoms with van der Waals surface area (Å²) >= 11 is 0. The molecule has 0 aliphatic rings. The first-order chi connectivity index (χ1) is 7.99. The van der Waals surface area contributed by atoms with Gasteiger partial charge >= 0.3 is 0 Å². The summed E-state index contributed by atoms with van der Waals surface area (Å²) in [5, 5.41) is 5.34. The maximum Gasteiger partial charge on any atom is 0.242 e. The van der Waals surface area contributed by atoms with Crippen LogP contribution in [-0.4, -0.2) is 23.9 Å². The molecule has 5 heteroatoms. The van der Waals surface area contributed by atoms with Crippen molar-refractivity contribution in [3.05, 3.63) is 24.2 Å². The highest BCUT2D eigenvalue weighted by molar-refractivity contribution is 5.86. The molecule has 0 bridgehead atoms. The number of carbonyl (C=O) groups excluding carboxylic acids is 2. The lowest BCUT2D eigenvalue weighted by molar-refractivity contribution is -0.128. The SMILES string of the molecule is CC(=O)NC(C)C(=O)NC(C)Cc1ccco1. The predicted molar refractivity (Wildman–Crippen MR) is 63.3 cm³/mol. The fourth-order valence-electron chi connectivity index (χ4n) is 1.52. The van der Waals surface area contributed by atoms with Gasteiger partial charge in [0.2, 0.25) is 11.8 Å². The van der Waals surface area contributed by atoms with Crippen molar-refractivity contribution in [2.45, 2.75) is 39.3 Å². The van der Waals surface area contributed by atoms with Crippen LogP contribution in [-0.2, 0) is 16.0 Å². The van der Waals surface area contributed by atoms with Crippen LogP contribution >= 0.6 is 0 Å². The van der Waals surface area contributed by atoms with Crippen LogP contribution in [0.5, 0.6) is 0 Å². The van der Waals surface area contributed by atoms with E-state index < -0.39 is 6.04 Å². The van der Waals surface area contributed by atoms with Gasteiger partial charge in [-0.1, -0.05) is 0 Å². The smallest absolute Gasteiger partial charge is 0.242 e. The van der Waals surface area contributed by atoms with Crippen molar-refractivity contribution in [2.75, 3.05) is 0 Å². The van der Waals surface area contributed by atoms with Crippen LogP contribution < -0.4 is 10.6 Å². The van der Waals surface area contributed by atoms with E-state index >= 15 is 0 Å². The van der Waals surface area contributed by atoms with E-state index in [9.17, 15) is 9.59 Å². The summed E-state index contributed by atoms with van der Waals surface area (Å²) in [5.41, 5.74) is 0. The molecule has 2 N–H and O–H groups in total. The van der Waals surface area contributed by atoms with E-state index in [0.29, 0.717) is 6.42 Å². The van der Waals surface area contributed by atoms with Gasteiger partial charge in [-0.15, -0.1) is 0 Å². The van der Waals surface area contributed by atoms with Crippen LogP contribution in [0.25, 0.3) is 0 Å². The highest BCUT2D eigenvalue weighted by atomic mass is 16.3. The fourth-order valence-corrected chi connectivity index (χ4v) is 1.52. The van der Waals surface area contributed by atoms with E-state index in [-0.39, 0.29) is 17.9 Å². The number of hydrogen-bond acceptors (Lipinski definition) is 3. The predicted octanol–water partition coefficient (Wildman–Crippen LogP) is 0.851. The molecule has 0 aliphatic carbocycles. The Kier molecular flexibility index (Phi) is 4.75. The average molecular weight is 238 g/mol. The lowest BCUT2D eigenvalue weighted by atomic mass is 10.2. The van der Waals surface area contributed by atoms with Crippen LogP contribution in [0, 0.1) is 0 Å². The minimum absolute atomic E-state index is 0.0372. The highest BCUT2D eigenvalue weighted by Gasteiger charge is 2.16. The van der Waals surface area contributed by atoms with Crippen LogP contribution in [0.3, 0.4) is 0 Å². The number of rotatable bonds is 5. The summed E-state index contributed by atoms with van der Waals surface area (Å²) in [6, 6.07) is 3.11. The number of furan rings is 1. The maximum absolute atomic E-state index is 11.7. The van der Waals surface area contributed by atoms with Crippen molar-refractivity contribution in [1.82, 2.24) is 10.6 Å². The van der Waals surface area contributed by atoms with E-state index in [1.807, 2.05) is 19.1 Å². The van der Waals surface area contributed by atoms with Crippen LogP contribution in [0.2, 0.25) is 0 Å². The lowest BCUT2D eigenvalue weighted by Crippen LogP contribution is -2.47. The minimum atomic E-state index is -0.522. The molecule has 1 heterocycles. The van der Waals surface area contributed by atoms with Crippen LogP contribution in [0.15, 0.2) is 22.8 Å². The molecule has 94 valence electrons. The normalized spacial score (nSPS) is 13.8. The molecule has 2 unspecified atom stereocenters. The first-order valence-electron chi connectivity index (χ1n) is 5.59. The summed E-state index contributed by atoms with van der Waals surface area (Å²) in [7, 11) is 0. The van der Waals surface area contributed by atoms with Gasteiger partial charge in [-0.25, -0.2) is 0 Å². The topological polar surface area (TPSA) is 71.3 Å². The zero-order valence-electron chi connectivity index (χ0n) is 10.3. The van der Waals surface area contributed by atoms with Gasteiger partial charge in [0.05, 0.1) is 6.26 Å². The van der Waals surface area contributed by atoms with Gasteiger partial charge < -0.3 is 15.1 Å². The average Bonchev–Trinajstić information content (AvgIpc) is 2.68.